The summed E-state index contributed by atoms with van der Waals surface area (Å²) in [6.07, 6.45) is 11.9. The lowest BCUT2D eigenvalue weighted by atomic mass is 9.96. The molecule has 1 aliphatic heterocycles. The van der Waals surface area contributed by atoms with Crippen molar-refractivity contribution in [2.24, 2.45) is 5.92 Å². The van der Waals surface area contributed by atoms with Crippen LogP contribution in [-0.2, 0) is 4.79 Å². The van der Waals surface area contributed by atoms with Crippen molar-refractivity contribution >= 4 is 11.5 Å². The number of benzene rings is 1. The highest BCUT2D eigenvalue weighted by molar-refractivity contribution is 5.82. The highest BCUT2D eigenvalue weighted by atomic mass is 16.5. The van der Waals surface area contributed by atoms with Gasteiger partial charge in [-0.05, 0) is 42.7 Å². The van der Waals surface area contributed by atoms with E-state index < -0.39 is 5.97 Å². The van der Waals surface area contributed by atoms with Crippen molar-refractivity contribution in [3.63, 3.8) is 0 Å². The first-order chi connectivity index (χ1) is 12.5. The molecule has 1 unspecified atom stereocenters. The molecular formula is C22H28O4. The summed E-state index contributed by atoms with van der Waals surface area (Å²) in [5.74, 6) is 1.00. The second-order valence-corrected chi connectivity index (χ2v) is 6.61. The maximum atomic E-state index is 10.8. The van der Waals surface area contributed by atoms with Crippen molar-refractivity contribution in [2.75, 3.05) is 13.7 Å². The maximum Gasteiger partial charge on any atom is 0.328 e. The molecule has 0 spiro atoms. The lowest BCUT2D eigenvalue weighted by Crippen LogP contribution is -2.08. The first-order valence-corrected chi connectivity index (χ1v) is 9.15. The van der Waals surface area contributed by atoms with Crippen LogP contribution in [0.15, 0.2) is 48.1 Å². The van der Waals surface area contributed by atoms with Crippen LogP contribution in [0.4, 0.5) is 0 Å². The van der Waals surface area contributed by atoms with E-state index in [-0.39, 0.29) is 0 Å². The minimum atomic E-state index is -0.940. The Morgan fingerprint density at radius 1 is 1.38 bits per heavy atom. The number of carbonyl (C=O) groups is 1. The number of rotatable bonds is 8. The summed E-state index contributed by atoms with van der Waals surface area (Å²) < 4.78 is 11.4. The third-order valence-corrected chi connectivity index (χ3v) is 4.42. The third kappa shape index (κ3) is 5.80. The molecule has 26 heavy (non-hydrogen) atoms. The second kappa shape index (κ2) is 9.85. The van der Waals surface area contributed by atoms with Crippen LogP contribution in [0.2, 0.25) is 0 Å². The molecule has 0 amide bonds. The minimum Gasteiger partial charge on any atom is -0.497 e. The Bertz CT molecular complexity index is 713. The van der Waals surface area contributed by atoms with Gasteiger partial charge in [-0.15, -0.1) is 0 Å². The van der Waals surface area contributed by atoms with Crippen LogP contribution in [-0.4, -0.2) is 24.8 Å². The molecule has 0 saturated heterocycles. The summed E-state index contributed by atoms with van der Waals surface area (Å²) in [5.41, 5.74) is 2.70. The molecular weight excluding hydrogens is 328 g/mol. The van der Waals surface area contributed by atoms with Crippen LogP contribution in [0, 0.1) is 5.92 Å². The zero-order valence-electron chi connectivity index (χ0n) is 15.8. The molecule has 0 aliphatic carbocycles. The van der Waals surface area contributed by atoms with Gasteiger partial charge in [0.2, 0.25) is 0 Å². The highest BCUT2D eigenvalue weighted by Crippen LogP contribution is 2.35. The van der Waals surface area contributed by atoms with E-state index in [2.05, 4.69) is 13.0 Å². The summed E-state index contributed by atoms with van der Waals surface area (Å²) in [6, 6.07) is 5.80. The highest BCUT2D eigenvalue weighted by Gasteiger charge is 2.17. The second-order valence-electron chi connectivity index (χ2n) is 6.61. The summed E-state index contributed by atoms with van der Waals surface area (Å²) in [6.45, 7) is 4.64. The van der Waals surface area contributed by atoms with Gasteiger partial charge in [-0.3, -0.25) is 0 Å². The molecule has 1 aromatic rings. The standard InChI is InChI=1S/C22H28O4/c1-4-5-6-7-17-13-18(9-8-16(2)12-22(23)24)20-14-19(25-3)10-11-21(20)26-15-17/h8-14,17H,4-7,15H2,1-3H3,(H,23,24)/b9-8+,16-12+. The third-order valence-electron chi connectivity index (χ3n) is 4.42. The van der Waals surface area contributed by atoms with Crippen molar-refractivity contribution in [3.05, 3.63) is 53.6 Å². The fourth-order valence-corrected chi connectivity index (χ4v) is 3.01. The number of unbranched alkanes of at least 4 members (excludes halogenated alkanes) is 2. The molecule has 4 heteroatoms. The smallest absolute Gasteiger partial charge is 0.328 e. The number of hydrogen-bond acceptors (Lipinski definition) is 3. The fourth-order valence-electron chi connectivity index (χ4n) is 3.01. The average molecular weight is 356 g/mol. The molecule has 1 aromatic carbocycles. The Hall–Kier alpha value is -2.49. The Labute approximate surface area is 155 Å². The van der Waals surface area contributed by atoms with Crippen molar-refractivity contribution < 1.29 is 19.4 Å². The predicted octanol–water partition coefficient (Wildman–Crippen LogP) is 5.25. The van der Waals surface area contributed by atoms with E-state index in [1.54, 1.807) is 14.0 Å². The largest absolute Gasteiger partial charge is 0.497 e. The lowest BCUT2D eigenvalue weighted by molar-refractivity contribution is -0.131. The van der Waals surface area contributed by atoms with Crippen molar-refractivity contribution in [1.82, 2.24) is 0 Å². The Morgan fingerprint density at radius 2 is 2.19 bits per heavy atom. The molecule has 0 bridgehead atoms. The van der Waals surface area contributed by atoms with Crippen molar-refractivity contribution in [3.8, 4) is 11.5 Å². The van der Waals surface area contributed by atoms with Crippen LogP contribution in [0.5, 0.6) is 11.5 Å². The lowest BCUT2D eigenvalue weighted by Gasteiger charge is -2.12. The average Bonchev–Trinajstić information content (AvgIpc) is 2.78. The summed E-state index contributed by atoms with van der Waals surface area (Å²) >= 11 is 0. The number of carboxylic acids is 1. The zero-order valence-corrected chi connectivity index (χ0v) is 15.8. The molecule has 0 fully saturated rings. The first-order valence-electron chi connectivity index (χ1n) is 9.15. The molecule has 1 aliphatic rings. The van der Waals surface area contributed by atoms with E-state index >= 15 is 0 Å². The van der Waals surface area contributed by atoms with Crippen LogP contribution in [0.3, 0.4) is 0 Å². The fraction of sp³-hybridized carbons (Fsp3) is 0.409. The number of methoxy groups -OCH3 is 1. The van der Waals surface area contributed by atoms with E-state index in [4.69, 9.17) is 14.6 Å². The monoisotopic (exact) mass is 356 g/mol. The van der Waals surface area contributed by atoms with Gasteiger partial charge in [0.05, 0.1) is 13.7 Å². The van der Waals surface area contributed by atoms with E-state index in [9.17, 15) is 4.79 Å². The van der Waals surface area contributed by atoms with E-state index in [1.165, 1.54) is 25.3 Å². The van der Waals surface area contributed by atoms with Crippen molar-refractivity contribution in [2.45, 2.75) is 39.5 Å². The predicted molar refractivity (Wildman–Crippen MR) is 105 cm³/mol. The van der Waals surface area contributed by atoms with Gasteiger partial charge in [-0.1, -0.05) is 44.4 Å². The molecule has 140 valence electrons. The Balaban J connectivity index is 2.35. The molecule has 1 atom stereocenters. The van der Waals surface area contributed by atoms with Crippen LogP contribution in [0.25, 0.3) is 5.57 Å². The van der Waals surface area contributed by atoms with Crippen LogP contribution in [0.1, 0.15) is 45.1 Å². The van der Waals surface area contributed by atoms with Gasteiger partial charge in [0.1, 0.15) is 11.5 Å². The van der Waals surface area contributed by atoms with E-state index in [0.29, 0.717) is 18.1 Å². The Kier molecular flexibility index (Phi) is 7.52. The van der Waals surface area contributed by atoms with Gasteiger partial charge in [0.15, 0.2) is 0 Å². The molecule has 1 N–H and O–H groups in total. The van der Waals surface area contributed by atoms with Crippen LogP contribution < -0.4 is 9.47 Å². The number of fused-ring (bicyclic) bond motifs is 1. The SMILES string of the molecule is CCCCCC1C=C(/C=C/C(C)=C/C(=O)O)c2cc(OC)ccc2OC1. The summed E-state index contributed by atoms with van der Waals surface area (Å²) in [7, 11) is 1.64. The minimum absolute atomic E-state index is 0.336. The van der Waals surface area contributed by atoms with Gasteiger partial charge < -0.3 is 14.6 Å². The molecule has 2 rings (SSSR count). The quantitative estimate of drug-likeness (QED) is 0.392. The van der Waals surface area contributed by atoms with E-state index in [0.717, 1.165) is 29.1 Å². The number of carboxylic acid groups (broad SMARTS) is 1. The topological polar surface area (TPSA) is 55.8 Å². The first kappa shape index (κ1) is 19.8. The van der Waals surface area contributed by atoms with Gasteiger partial charge in [-0.2, -0.15) is 0 Å². The number of aliphatic carboxylic acids is 1. The molecule has 4 nitrogen and oxygen atoms in total. The van der Waals surface area contributed by atoms with Gasteiger partial charge in [0, 0.05) is 17.6 Å². The molecule has 0 radical (unpaired) electrons. The zero-order chi connectivity index (χ0) is 18.9. The molecule has 1 heterocycles. The number of allylic oxidation sites excluding steroid dienone is 4. The van der Waals surface area contributed by atoms with Gasteiger partial charge in [0.25, 0.3) is 0 Å². The van der Waals surface area contributed by atoms with Crippen molar-refractivity contribution in [1.29, 1.82) is 0 Å². The molecule has 0 aromatic heterocycles. The summed E-state index contributed by atoms with van der Waals surface area (Å²) in [4.78, 5) is 10.8. The van der Waals surface area contributed by atoms with Crippen LogP contribution >= 0.6 is 0 Å². The Morgan fingerprint density at radius 3 is 2.88 bits per heavy atom. The normalized spacial score (nSPS) is 17.3. The molecule has 0 saturated carbocycles. The summed E-state index contributed by atoms with van der Waals surface area (Å²) in [5, 5.41) is 8.89. The number of hydrogen-bond donors (Lipinski definition) is 1. The maximum absolute atomic E-state index is 10.8. The van der Waals surface area contributed by atoms with E-state index in [1.807, 2.05) is 30.4 Å². The van der Waals surface area contributed by atoms with Gasteiger partial charge >= 0.3 is 5.97 Å². The number of ether oxygens (including phenoxy) is 2. The van der Waals surface area contributed by atoms with Gasteiger partial charge in [-0.25, -0.2) is 4.79 Å².